The largest absolute Gasteiger partial charge is 0.488 e. The lowest BCUT2D eigenvalue weighted by atomic mass is 10.3. The van der Waals surface area contributed by atoms with Crippen molar-refractivity contribution in [1.29, 1.82) is 0 Å². The Kier molecular flexibility index (Phi) is 2.27. The summed E-state index contributed by atoms with van der Waals surface area (Å²) in [4.78, 5) is 4.10. The number of halogens is 1. The summed E-state index contributed by atoms with van der Waals surface area (Å²) >= 11 is 5.70. The van der Waals surface area contributed by atoms with Gasteiger partial charge < -0.3 is 10.5 Å². The number of ether oxygens (including phenoxy) is 1. The van der Waals surface area contributed by atoms with Crippen molar-refractivity contribution in [3.05, 3.63) is 18.0 Å². The number of nitrogens with zero attached hydrogens (tertiary/aromatic N) is 1. The number of alkyl halides is 1. The predicted molar refractivity (Wildman–Crippen MR) is 51.9 cm³/mol. The van der Waals surface area contributed by atoms with Gasteiger partial charge in [0.15, 0.2) is 0 Å². The molecule has 1 fully saturated rings. The molecule has 1 heterocycles. The molecule has 70 valence electrons. The highest BCUT2D eigenvalue weighted by molar-refractivity contribution is 6.17. The molecule has 0 unspecified atom stereocenters. The molecule has 4 heteroatoms. The van der Waals surface area contributed by atoms with E-state index in [4.69, 9.17) is 22.1 Å². The van der Waals surface area contributed by atoms with Gasteiger partial charge in [0, 0.05) is 6.07 Å². The number of aromatic nitrogens is 1. The van der Waals surface area contributed by atoms with Gasteiger partial charge in [0.05, 0.1) is 29.6 Å². The van der Waals surface area contributed by atoms with Gasteiger partial charge in [-0.1, -0.05) is 0 Å². The monoisotopic (exact) mass is 198 g/mol. The van der Waals surface area contributed by atoms with E-state index in [2.05, 4.69) is 4.98 Å². The Morgan fingerprint density at radius 1 is 1.62 bits per heavy atom. The zero-order valence-electron chi connectivity index (χ0n) is 7.16. The molecule has 3 nitrogen and oxygen atoms in total. The van der Waals surface area contributed by atoms with Crippen LogP contribution in [0.25, 0.3) is 0 Å². The lowest BCUT2D eigenvalue weighted by molar-refractivity contribution is 0.299. The quantitative estimate of drug-likeness (QED) is 0.756. The number of pyridine rings is 1. The van der Waals surface area contributed by atoms with Gasteiger partial charge >= 0.3 is 0 Å². The summed E-state index contributed by atoms with van der Waals surface area (Å²) in [5, 5.41) is 0. The number of hydrogen-bond donors (Lipinski definition) is 1. The highest BCUT2D eigenvalue weighted by atomic mass is 35.5. The molecule has 0 atom stereocenters. The topological polar surface area (TPSA) is 48.1 Å². The fourth-order valence-electron chi connectivity index (χ4n) is 1.06. The minimum atomic E-state index is 0.352. The molecule has 0 saturated heterocycles. The second-order valence-corrected chi connectivity index (χ2v) is 3.43. The zero-order chi connectivity index (χ0) is 9.26. The average molecular weight is 199 g/mol. The van der Waals surface area contributed by atoms with E-state index in [9.17, 15) is 0 Å². The maximum atomic E-state index is 5.70. The van der Waals surface area contributed by atoms with Crippen molar-refractivity contribution >= 4 is 17.3 Å². The minimum absolute atomic E-state index is 0.352. The van der Waals surface area contributed by atoms with Crippen LogP contribution in [0.4, 0.5) is 5.69 Å². The first-order valence-corrected chi connectivity index (χ1v) is 4.80. The van der Waals surface area contributed by atoms with Gasteiger partial charge in [0.2, 0.25) is 0 Å². The van der Waals surface area contributed by atoms with Gasteiger partial charge in [-0.2, -0.15) is 0 Å². The van der Waals surface area contributed by atoms with Gasteiger partial charge in [-0.15, -0.1) is 11.6 Å². The first kappa shape index (κ1) is 8.63. The Morgan fingerprint density at radius 2 is 2.38 bits per heavy atom. The summed E-state index contributed by atoms with van der Waals surface area (Å²) in [6.45, 7) is 0. The molecule has 2 N–H and O–H groups in total. The van der Waals surface area contributed by atoms with Gasteiger partial charge in [0.1, 0.15) is 5.75 Å². The van der Waals surface area contributed by atoms with Crippen LogP contribution in [0, 0.1) is 0 Å². The maximum Gasteiger partial charge on any atom is 0.144 e. The third-order valence-electron chi connectivity index (χ3n) is 1.90. The second kappa shape index (κ2) is 3.42. The van der Waals surface area contributed by atoms with Crippen LogP contribution < -0.4 is 10.5 Å². The van der Waals surface area contributed by atoms with E-state index in [-0.39, 0.29) is 0 Å². The molecule has 2 rings (SSSR count). The van der Waals surface area contributed by atoms with Crippen LogP contribution in [0.2, 0.25) is 0 Å². The normalized spacial score (nSPS) is 15.8. The third kappa shape index (κ3) is 2.04. The average Bonchev–Trinajstić information content (AvgIpc) is 2.89. The Balaban J connectivity index is 2.22. The van der Waals surface area contributed by atoms with Crippen LogP contribution in [0.15, 0.2) is 12.3 Å². The van der Waals surface area contributed by atoms with Gasteiger partial charge in [-0.25, -0.2) is 0 Å². The standard InChI is InChI=1S/C9H11ClN2O/c10-4-8-9(13-7-1-2-7)3-6(11)5-12-8/h3,5,7H,1-2,4,11H2. The molecular formula is C9H11ClN2O. The summed E-state index contributed by atoms with van der Waals surface area (Å²) in [6, 6.07) is 1.78. The molecule has 0 bridgehead atoms. The van der Waals surface area contributed by atoms with Gasteiger partial charge in [0.25, 0.3) is 0 Å². The molecule has 1 saturated carbocycles. The first-order chi connectivity index (χ1) is 6.29. The van der Waals surface area contributed by atoms with E-state index in [0.29, 0.717) is 17.7 Å². The summed E-state index contributed by atoms with van der Waals surface area (Å²) in [6.07, 6.45) is 4.19. The van der Waals surface area contributed by atoms with E-state index in [0.717, 1.165) is 24.3 Å². The van der Waals surface area contributed by atoms with Crippen molar-refractivity contribution in [3.63, 3.8) is 0 Å². The van der Waals surface area contributed by atoms with Crippen molar-refractivity contribution in [2.75, 3.05) is 5.73 Å². The van der Waals surface area contributed by atoms with Crippen LogP contribution in [0.5, 0.6) is 5.75 Å². The van der Waals surface area contributed by atoms with Gasteiger partial charge in [-0.05, 0) is 12.8 Å². The zero-order valence-corrected chi connectivity index (χ0v) is 7.92. The summed E-state index contributed by atoms with van der Waals surface area (Å²) < 4.78 is 5.60. The fourth-order valence-corrected chi connectivity index (χ4v) is 1.26. The number of anilines is 1. The lowest BCUT2D eigenvalue weighted by Gasteiger charge is -2.08. The van der Waals surface area contributed by atoms with Crippen LogP contribution in [0.1, 0.15) is 18.5 Å². The Labute approximate surface area is 81.9 Å². The van der Waals surface area contributed by atoms with E-state index >= 15 is 0 Å². The minimum Gasteiger partial charge on any atom is -0.488 e. The molecule has 1 aromatic rings. The number of nitrogens with two attached hydrogens (primary N) is 1. The van der Waals surface area contributed by atoms with E-state index in [1.54, 1.807) is 12.3 Å². The molecule has 1 aliphatic carbocycles. The molecule has 1 aliphatic rings. The molecule has 0 aromatic carbocycles. The second-order valence-electron chi connectivity index (χ2n) is 3.16. The summed E-state index contributed by atoms with van der Waals surface area (Å²) in [5.41, 5.74) is 6.97. The molecule has 0 amide bonds. The maximum absolute atomic E-state index is 5.70. The van der Waals surface area contributed by atoms with Gasteiger partial charge in [-0.3, -0.25) is 4.98 Å². The highest BCUT2D eigenvalue weighted by Crippen LogP contribution is 2.29. The lowest BCUT2D eigenvalue weighted by Crippen LogP contribution is -2.01. The molecule has 1 aromatic heterocycles. The SMILES string of the molecule is Nc1cnc(CCl)c(OC2CC2)c1. The molecule has 0 radical (unpaired) electrons. The third-order valence-corrected chi connectivity index (χ3v) is 2.15. The first-order valence-electron chi connectivity index (χ1n) is 4.26. The Bertz CT molecular complexity index is 312. The smallest absolute Gasteiger partial charge is 0.144 e. The number of hydrogen-bond acceptors (Lipinski definition) is 3. The van der Waals surface area contributed by atoms with E-state index < -0.39 is 0 Å². The molecule has 13 heavy (non-hydrogen) atoms. The Morgan fingerprint density at radius 3 is 3.00 bits per heavy atom. The van der Waals surface area contributed by atoms with Crippen molar-refractivity contribution in [3.8, 4) is 5.75 Å². The van der Waals surface area contributed by atoms with E-state index in [1.165, 1.54) is 0 Å². The van der Waals surface area contributed by atoms with Crippen LogP contribution >= 0.6 is 11.6 Å². The molecule has 0 spiro atoms. The Hall–Kier alpha value is -0.960. The number of nitrogen functional groups attached to an aromatic ring is 1. The fraction of sp³-hybridized carbons (Fsp3) is 0.444. The van der Waals surface area contributed by atoms with Crippen molar-refractivity contribution < 1.29 is 4.74 Å². The molecule has 0 aliphatic heterocycles. The van der Waals surface area contributed by atoms with Crippen molar-refractivity contribution in [1.82, 2.24) is 4.98 Å². The van der Waals surface area contributed by atoms with Crippen LogP contribution in [-0.2, 0) is 5.88 Å². The van der Waals surface area contributed by atoms with Crippen LogP contribution in [-0.4, -0.2) is 11.1 Å². The highest BCUT2D eigenvalue weighted by Gasteiger charge is 2.24. The van der Waals surface area contributed by atoms with Crippen molar-refractivity contribution in [2.45, 2.75) is 24.8 Å². The number of rotatable bonds is 3. The summed E-state index contributed by atoms with van der Waals surface area (Å²) in [7, 11) is 0. The predicted octanol–water partition coefficient (Wildman–Crippen LogP) is 1.94. The van der Waals surface area contributed by atoms with Crippen LogP contribution in [0.3, 0.4) is 0 Å². The summed E-state index contributed by atoms with van der Waals surface area (Å²) in [5.74, 6) is 1.10. The van der Waals surface area contributed by atoms with Crippen molar-refractivity contribution in [2.24, 2.45) is 0 Å². The molecular weight excluding hydrogens is 188 g/mol. The van der Waals surface area contributed by atoms with E-state index in [1.807, 2.05) is 0 Å².